The number of sulfonamides is 2. The van der Waals surface area contributed by atoms with Gasteiger partial charge in [-0.1, -0.05) is 45.6 Å². The van der Waals surface area contributed by atoms with E-state index in [4.69, 9.17) is 34.5 Å². The second kappa shape index (κ2) is 44.8. The summed E-state index contributed by atoms with van der Waals surface area (Å²) in [4.78, 5) is 131. The van der Waals surface area contributed by atoms with Gasteiger partial charge in [0.2, 0.25) is 20.0 Å². The van der Waals surface area contributed by atoms with E-state index >= 15 is 0 Å². The molecule has 2 aliphatic heterocycles. The smallest absolute Gasteiger partial charge is 0.305 e. The van der Waals surface area contributed by atoms with Crippen molar-refractivity contribution in [1.29, 1.82) is 0 Å². The largest absolute Gasteiger partial charge is 0.493 e. The molecule has 8 rings (SSSR count). The summed E-state index contributed by atoms with van der Waals surface area (Å²) in [5.41, 5.74) is 3.08. The monoisotopic (exact) mass is 1590 g/mol. The molecule has 0 spiro atoms. The van der Waals surface area contributed by atoms with Crippen molar-refractivity contribution < 1.29 is 100 Å². The molecule has 608 valence electrons. The molecule has 110 heavy (non-hydrogen) atoms. The lowest BCUT2D eigenvalue weighted by Crippen LogP contribution is -2.49. The van der Waals surface area contributed by atoms with Crippen LogP contribution in [0.1, 0.15) is 155 Å². The summed E-state index contributed by atoms with van der Waals surface area (Å²) in [5, 5.41) is 71.0. The first-order valence-corrected chi connectivity index (χ1v) is 38.6. The zero-order chi connectivity index (χ0) is 81.3. The predicted octanol–water partition coefficient (Wildman–Crippen LogP) is 7.27. The number of benzene rings is 2. The average molecular weight is 1590 g/mol. The lowest BCUT2D eigenvalue weighted by molar-refractivity contribution is -0.790. The number of esters is 1. The quantitative estimate of drug-likeness (QED) is 0.00824. The van der Waals surface area contributed by atoms with Crippen LogP contribution >= 0.6 is 0 Å². The van der Waals surface area contributed by atoms with Gasteiger partial charge in [-0.25, -0.2) is 26.8 Å². The third-order valence-corrected chi connectivity index (χ3v) is 20.7. The molecule has 6 aromatic rings. The number of unbranched alkanes of at least 4 members (excludes halogenated alkanes) is 4. The lowest BCUT2D eigenvalue weighted by atomic mass is 9.98. The van der Waals surface area contributed by atoms with E-state index in [0.29, 0.717) is 148 Å². The van der Waals surface area contributed by atoms with Crippen LogP contribution in [0.5, 0.6) is 11.5 Å². The third-order valence-electron chi connectivity index (χ3n) is 17.0. The number of ether oxygens (including phenoxy) is 3. The van der Waals surface area contributed by atoms with Crippen LogP contribution in [0, 0.1) is 52.3 Å². The SMILES string of the molecule is C=CCCCCC(=O)O.CCCc1nn(C)c2c(=O)[nH]c(-c3cc(S(=O)(=O)N4CC(CCCO)C4)ccc3OCC)nc12.CCCc1nn(C)c2c(=O)[nH]c(-c3cc(S(=O)(=O)N4CC(CCCOC(=O)CCCCC(CO[N+](=O)[O-])O[N+](=O)[O-])C4)ccc3OCC)nc12.O=C(O)CCCCC(CO[N+](=O)[O-])O[N+](=O)[O-]. The van der Waals surface area contributed by atoms with Crippen molar-refractivity contribution in [1.82, 2.24) is 48.1 Å². The average Bonchev–Trinajstić information content (AvgIpc) is 1.23. The number of hydrogen-bond acceptors (Lipinski definition) is 29. The molecule has 5 N–H and O–H groups in total. The molecular weight excluding hydrogens is 1500 g/mol. The molecule has 43 heteroatoms. The zero-order valence-electron chi connectivity index (χ0n) is 62.1. The number of nitrogens with one attached hydrogen (secondary N) is 2. The summed E-state index contributed by atoms with van der Waals surface area (Å²) >= 11 is 0. The number of aromatic amines is 2. The van der Waals surface area contributed by atoms with Crippen LogP contribution in [-0.2, 0) is 85.5 Å². The third kappa shape index (κ3) is 27.9. The number of hydrogen-bond donors (Lipinski definition) is 5. The van der Waals surface area contributed by atoms with Crippen LogP contribution in [0.25, 0.3) is 44.8 Å². The van der Waals surface area contributed by atoms with E-state index in [9.17, 15) is 81.3 Å². The minimum Gasteiger partial charge on any atom is -0.493 e. The molecule has 0 saturated carbocycles. The number of aromatic nitrogens is 8. The fourth-order valence-corrected chi connectivity index (χ4v) is 14.9. The number of carboxylic acid groups (broad SMARTS) is 2. The van der Waals surface area contributed by atoms with Crippen LogP contribution in [0.15, 0.2) is 68.4 Å². The first kappa shape index (κ1) is 90.1. The van der Waals surface area contributed by atoms with Gasteiger partial charge < -0.3 is 58.8 Å². The van der Waals surface area contributed by atoms with Crippen molar-refractivity contribution in [2.75, 3.05) is 65.8 Å². The maximum absolute atomic E-state index is 13.6. The number of H-pyrrole nitrogens is 2. The number of aliphatic hydroxyl groups excluding tert-OH is 1. The second-order valence-corrected chi connectivity index (χ2v) is 29.3. The first-order chi connectivity index (χ1) is 52.3. The molecule has 0 radical (unpaired) electrons. The minimum absolute atomic E-state index is 0.0348. The van der Waals surface area contributed by atoms with Gasteiger partial charge in [0.1, 0.15) is 59.6 Å². The van der Waals surface area contributed by atoms with E-state index in [1.54, 1.807) is 33.2 Å². The highest BCUT2D eigenvalue weighted by Gasteiger charge is 2.39. The summed E-state index contributed by atoms with van der Waals surface area (Å²) in [6, 6.07) is 9.13. The summed E-state index contributed by atoms with van der Waals surface area (Å²) in [6.07, 6.45) is 9.61. The van der Waals surface area contributed by atoms with E-state index in [-0.39, 0.29) is 84.2 Å². The summed E-state index contributed by atoms with van der Waals surface area (Å²) < 4.78 is 76.2. The Morgan fingerprint density at radius 1 is 0.609 bits per heavy atom. The van der Waals surface area contributed by atoms with E-state index in [2.05, 4.69) is 51.1 Å². The highest BCUT2D eigenvalue weighted by molar-refractivity contribution is 7.89. The highest BCUT2D eigenvalue weighted by Crippen LogP contribution is 2.37. The van der Waals surface area contributed by atoms with Crippen LogP contribution in [0.3, 0.4) is 0 Å². The first-order valence-electron chi connectivity index (χ1n) is 35.8. The van der Waals surface area contributed by atoms with E-state index in [1.165, 1.54) is 42.2 Å². The Labute approximate surface area is 631 Å². The van der Waals surface area contributed by atoms with Gasteiger partial charge in [0.25, 0.3) is 31.5 Å². The molecule has 2 aliphatic rings. The second-order valence-electron chi connectivity index (χ2n) is 25.4. The topological polar surface area (TPSA) is 551 Å². The number of aryl methyl sites for hydroxylation is 4. The Kier molecular flexibility index (Phi) is 36.7. The molecule has 2 aromatic carbocycles. The minimum atomic E-state index is -3.87. The molecule has 2 unspecified atom stereocenters. The van der Waals surface area contributed by atoms with Crippen LogP contribution < -0.4 is 20.6 Å². The van der Waals surface area contributed by atoms with Crippen LogP contribution in [-0.4, -0.2) is 197 Å². The van der Waals surface area contributed by atoms with Gasteiger partial charge in [0, 0.05) is 66.1 Å². The maximum atomic E-state index is 13.6. The summed E-state index contributed by atoms with van der Waals surface area (Å²) in [6.45, 7) is 12.4. The van der Waals surface area contributed by atoms with Gasteiger partial charge in [-0.2, -0.15) is 18.8 Å². The zero-order valence-corrected chi connectivity index (χ0v) is 63.7. The van der Waals surface area contributed by atoms with Crippen molar-refractivity contribution in [3.05, 3.63) is 122 Å². The Hall–Kier alpha value is -10.5. The number of allylic oxidation sites excluding steroid dienone is 1. The van der Waals surface area contributed by atoms with Crippen LogP contribution in [0.4, 0.5) is 0 Å². The maximum Gasteiger partial charge on any atom is 0.305 e. The Morgan fingerprint density at radius 2 is 1.02 bits per heavy atom. The number of nitrogens with zero attached hydrogens (tertiary/aromatic N) is 12. The van der Waals surface area contributed by atoms with Gasteiger partial charge in [-0.15, -0.1) is 47.0 Å². The fourth-order valence-electron chi connectivity index (χ4n) is 11.7. The number of carboxylic acids is 2. The van der Waals surface area contributed by atoms with E-state index in [0.717, 1.165) is 44.2 Å². The molecule has 2 saturated heterocycles. The molecular formula is C67H96N14O27S2. The molecule has 6 heterocycles. The Bertz CT molecular complexity index is 4440. The molecule has 0 bridgehead atoms. The molecule has 2 atom stereocenters. The number of aliphatic hydroxyl groups is 1. The molecule has 4 aromatic heterocycles. The predicted molar refractivity (Wildman–Crippen MR) is 391 cm³/mol. The highest BCUT2D eigenvalue weighted by atomic mass is 32.2. The van der Waals surface area contributed by atoms with Crippen molar-refractivity contribution >= 4 is 60.0 Å². The fraction of sp³-hybridized carbons (Fsp3) is 0.597. The molecule has 41 nitrogen and oxygen atoms in total. The van der Waals surface area contributed by atoms with Crippen LogP contribution in [0.2, 0.25) is 0 Å². The van der Waals surface area contributed by atoms with Crippen molar-refractivity contribution in [3.8, 4) is 34.3 Å². The van der Waals surface area contributed by atoms with Crippen molar-refractivity contribution in [3.63, 3.8) is 0 Å². The van der Waals surface area contributed by atoms with Gasteiger partial charge >= 0.3 is 17.9 Å². The Balaban J connectivity index is 0.000000308. The van der Waals surface area contributed by atoms with Crippen molar-refractivity contribution in [2.45, 2.75) is 178 Å². The van der Waals surface area contributed by atoms with Crippen molar-refractivity contribution in [2.24, 2.45) is 25.9 Å². The van der Waals surface area contributed by atoms with Gasteiger partial charge in [-0.05, 0) is 146 Å². The van der Waals surface area contributed by atoms with Gasteiger partial charge in [0.05, 0.1) is 52.1 Å². The van der Waals surface area contributed by atoms with E-state index < -0.39 is 89.3 Å². The molecule has 0 aliphatic carbocycles. The summed E-state index contributed by atoms with van der Waals surface area (Å²) in [7, 11) is -4.20. The van der Waals surface area contributed by atoms with Gasteiger partial charge in [0.15, 0.2) is 11.0 Å². The number of carbonyl (C=O) groups excluding carboxylic acids is 1. The number of rotatable bonds is 46. The van der Waals surface area contributed by atoms with Gasteiger partial charge in [-0.3, -0.25) is 33.3 Å². The normalized spacial score (nSPS) is 13.6. The number of carbonyl (C=O) groups is 3. The molecule has 0 amide bonds. The Morgan fingerprint density at radius 3 is 1.39 bits per heavy atom. The summed E-state index contributed by atoms with van der Waals surface area (Å²) in [5.74, 6) is -0.566. The lowest BCUT2D eigenvalue weighted by Gasteiger charge is -2.38. The molecule has 2 fully saturated rings. The standard InChI is InChI=1S/C30H41N7O12S.C23H31N5O5S.C7H12N2O8.C7H12O2/c1-4-9-24-27-28(34(3)33-24)30(39)32-29(31-27)23-16-22(13-14-25(23)46-5-2)50(44,45)35-17-20(18-35)10-8-15-47-26(38)12-7-6-11-21(49-37(42)43)19-48-36(40)41;1-4-7-18-20-21(27(3)26-18)23(30)25-22(24-20)17-12-16(9-10-19(17)33-5-2)34(31,32)28-13-15(14-28)8-6-11-29;10-7(11)4-2-1-3-6(17-9(14)15)5-16-8(12)13;1-2-3-4-5-6-7(8)9/h13-14,16,20-21H,4-12,15,17-19H2,1-3H3,(H,31,32,39);9-10,12,15,29H,4-8,11,13-14H2,1-3H3,(H,24,25,30);6H,1-5H2,(H,10,11);2H,1,3-6H2,(H,8,9). The number of aliphatic carboxylic acids is 2. The van der Waals surface area contributed by atoms with E-state index in [1.807, 2.05) is 26.8 Å². The number of fused-ring (bicyclic) bond motifs is 2.